The molecule has 126 valence electrons. The minimum Gasteiger partial charge on any atom is -0.474 e. The summed E-state index contributed by atoms with van der Waals surface area (Å²) >= 11 is 0. The second-order valence-electron chi connectivity index (χ2n) is 6.22. The van der Waals surface area contributed by atoms with Crippen LogP contribution in [0.4, 0.5) is 0 Å². The number of amides is 1. The number of rotatable bonds is 4. The molecule has 1 saturated heterocycles. The highest BCUT2D eigenvalue weighted by atomic mass is 16.5. The van der Waals surface area contributed by atoms with Crippen molar-refractivity contribution in [2.45, 2.75) is 31.4 Å². The zero-order valence-electron chi connectivity index (χ0n) is 13.4. The summed E-state index contributed by atoms with van der Waals surface area (Å²) in [5.41, 5.74) is 0.801. The van der Waals surface area contributed by atoms with Crippen LogP contribution in [0.2, 0.25) is 0 Å². The molecule has 1 saturated carbocycles. The number of nitrogens with zero attached hydrogens (tertiary/aromatic N) is 4. The van der Waals surface area contributed by atoms with Crippen LogP contribution >= 0.6 is 0 Å². The number of piperazine rings is 1. The first-order valence-corrected chi connectivity index (χ1v) is 8.13. The van der Waals surface area contributed by atoms with Crippen molar-refractivity contribution in [1.29, 1.82) is 0 Å². The predicted octanol–water partition coefficient (Wildman–Crippen LogP) is 1.17. The van der Waals surface area contributed by atoms with Gasteiger partial charge in [0.1, 0.15) is 12.1 Å². The van der Waals surface area contributed by atoms with Gasteiger partial charge in [0, 0.05) is 31.4 Å². The van der Waals surface area contributed by atoms with Gasteiger partial charge in [0.25, 0.3) is 0 Å². The first-order chi connectivity index (χ1) is 11.7. The lowest BCUT2D eigenvalue weighted by molar-refractivity contribution is -0.131. The van der Waals surface area contributed by atoms with Crippen molar-refractivity contribution < 1.29 is 14.1 Å². The summed E-state index contributed by atoms with van der Waals surface area (Å²) in [6.07, 6.45) is 5.33. The molecule has 0 aromatic carbocycles. The molecule has 1 N–H and O–H groups in total. The maximum atomic E-state index is 11.5. The van der Waals surface area contributed by atoms with Crippen molar-refractivity contribution >= 4 is 5.91 Å². The van der Waals surface area contributed by atoms with Gasteiger partial charge in [-0.25, -0.2) is 4.98 Å². The van der Waals surface area contributed by atoms with Gasteiger partial charge in [-0.05, 0) is 25.3 Å². The quantitative estimate of drug-likeness (QED) is 0.899. The van der Waals surface area contributed by atoms with E-state index in [1.54, 1.807) is 18.1 Å². The molecule has 0 bridgehead atoms. The van der Waals surface area contributed by atoms with Crippen LogP contribution < -0.4 is 10.1 Å². The molecule has 1 unspecified atom stereocenters. The van der Waals surface area contributed by atoms with Crippen molar-refractivity contribution in [2.24, 2.45) is 0 Å². The standard InChI is InChI=1S/C16H19N5O3/c1-21-9-12(18-8-14(21)22)16-19-15(20-24-16)10-5-6-17-13(7-10)23-11-3-2-4-11/h5-7,11-12,18H,2-4,8-9H2,1H3. The molecule has 1 atom stereocenters. The smallest absolute Gasteiger partial charge is 0.245 e. The van der Waals surface area contributed by atoms with Crippen LogP contribution in [-0.2, 0) is 4.79 Å². The van der Waals surface area contributed by atoms with Gasteiger partial charge in [0.2, 0.25) is 23.5 Å². The summed E-state index contributed by atoms with van der Waals surface area (Å²) in [4.78, 5) is 21.9. The maximum absolute atomic E-state index is 11.5. The molecule has 2 aliphatic rings. The monoisotopic (exact) mass is 329 g/mol. The van der Waals surface area contributed by atoms with Crippen molar-refractivity contribution in [3.63, 3.8) is 0 Å². The van der Waals surface area contributed by atoms with Gasteiger partial charge in [0.05, 0.1) is 6.54 Å². The zero-order valence-corrected chi connectivity index (χ0v) is 13.4. The molecule has 1 amide bonds. The largest absolute Gasteiger partial charge is 0.474 e. The third kappa shape index (κ3) is 2.96. The van der Waals surface area contributed by atoms with Gasteiger partial charge < -0.3 is 14.2 Å². The van der Waals surface area contributed by atoms with E-state index in [0.29, 0.717) is 24.1 Å². The summed E-state index contributed by atoms with van der Waals surface area (Å²) < 4.78 is 11.2. The molecule has 2 aromatic heterocycles. The number of likely N-dealkylation sites (N-methyl/N-ethyl adjacent to an activating group) is 1. The average molecular weight is 329 g/mol. The number of aromatic nitrogens is 3. The molecule has 8 heteroatoms. The van der Waals surface area contributed by atoms with E-state index in [2.05, 4.69) is 20.4 Å². The van der Waals surface area contributed by atoms with Gasteiger partial charge in [-0.15, -0.1) is 0 Å². The van der Waals surface area contributed by atoms with Crippen molar-refractivity contribution in [2.75, 3.05) is 20.1 Å². The average Bonchev–Trinajstić information content (AvgIpc) is 3.04. The number of carbonyl (C=O) groups is 1. The zero-order chi connectivity index (χ0) is 16.5. The van der Waals surface area contributed by atoms with E-state index in [0.717, 1.165) is 18.4 Å². The molecular weight excluding hydrogens is 310 g/mol. The Morgan fingerprint density at radius 2 is 2.29 bits per heavy atom. The lowest BCUT2D eigenvalue weighted by Gasteiger charge is -2.28. The minimum absolute atomic E-state index is 0.0536. The lowest BCUT2D eigenvalue weighted by atomic mass is 9.96. The minimum atomic E-state index is -0.151. The molecule has 1 aliphatic heterocycles. The highest BCUT2D eigenvalue weighted by Crippen LogP contribution is 2.27. The molecule has 24 heavy (non-hydrogen) atoms. The third-order valence-electron chi connectivity index (χ3n) is 4.45. The maximum Gasteiger partial charge on any atom is 0.245 e. The molecule has 4 rings (SSSR count). The normalized spacial score (nSPS) is 21.6. The molecule has 2 fully saturated rings. The van der Waals surface area contributed by atoms with Gasteiger partial charge in [-0.2, -0.15) is 4.98 Å². The fraction of sp³-hybridized carbons (Fsp3) is 0.500. The molecule has 8 nitrogen and oxygen atoms in total. The van der Waals surface area contributed by atoms with Crippen LogP contribution in [0.25, 0.3) is 11.4 Å². The number of nitrogens with one attached hydrogen (secondary N) is 1. The van der Waals surface area contributed by atoms with Crippen LogP contribution in [0.3, 0.4) is 0 Å². The van der Waals surface area contributed by atoms with Gasteiger partial charge in [0.15, 0.2) is 0 Å². The van der Waals surface area contributed by atoms with E-state index < -0.39 is 0 Å². The highest BCUT2D eigenvalue weighted by molar-refractivity contribution is 5.78. The second-order valence-corrected chi connectivity index (χ2v) is 6.22. The predicted molar refractivity (Wildman–Crippen MR) is 84.2 cm³/mol. The van der Waals surface area contributed by atoms with E-state index in [1.165, 1.54) is 6.42 Å². The van der Waals surface area contributed by atoms with Gasteiger partial charge >= 0.3 is 0 Å². The number of pyridine rings is 1. The van der Waals surface area contributed by atoms with Crippen LogP contribution in [-0.4, -0.2) is 52.2 Å². The number of hydrogen-bond acceptors (Lipinski definition) is 7. The van der Waals surface area contributed by atoms with E-state index >= 15 is 0 Å². The van der Waals surface area contributed by atoms with E-state index in [-0.39, 0.29) is 24.6 Å². The molecule has 3 heterocycles. The summed E-state index contributed by atoms with van der Waals surface area (Å²) in [6, 6.07) is 3.50. The molecule has 0 radical (unpaired) electrons. The van der Waals surface area contributed by atoms with Gasteiger partial charge in [-0.1, -0.05) is 5.16 Å². The molecule has 1 aliphatic carbocycles. The SMILES string of the molecule is CN1CC(c2nc(-c3ccnc(OC4CCC4)c3)no2)NCC1=O. The Kier molecular flexibility index (Phi) is 3.89. The van der Waals surface area contributed by atoms with E-state index in [4.69, 9.17) is 9.26 Å². The highest BCUT2D eigenvalue weighted by Gasteiger charge is 2.28. The Bertz CT molecular complexity index is 743. The van der Waals surface area contributed by atoms with Crippen molar-refractivity contribution in [3.05, 3.63) is 24.2 Å². The summed E-state index contributed by atoms with van der Waals surface area (Å²) in [5.74, 6) is 1.61. The fourth-order valence-corrected chi connectivity index (χ4v) is 2.72. The first-order valence-electron chi connectivity index (χ1n) is 8.13. The van der Waals surface area contributed by atoms with Crippen LogP contribution in [0.1, 0.15) is 31.2 Å². The number of ether oxygens (including phenoxy) is 1. The van der Waals surface area contributed by atoms with E-state index in [1.807, 2.05) is 12.1 Å². The molecule has 2 aromatic rings. The number of hydrogen-bond donors (Lipinski definition) is 1. The van der Waals surface area contributed by atoms with Crippen LogP contribution in [0, 0.1) is 0 Å². The molecular formula is C16H19N5O3. The van der Waals surface area contributed by atoms with Crippen LogP contribution in [0.15, 0.2) is 22.9 Å². The van der Waals surface area contributed by atoms with E-state index in [9.17, 15) is 4.79 Å². The third-order valence-corrected chi connectivity index (χ3v) is 4.45. The summed E-state index contributed by atoms with van der Waals surface area (Å²) in [6.45, 7) is 0.778. The topological polar surface area (TPSA) is 93.4 Å². The Hall–Kier alpha value is -2.48. The Morgan fingerprint density at radius 1 is 1.42 bits per heavy atom. The van der Waals surface area contributed by atoms with Gasteiger partial charge in [-0.3, -0.25) is 10.1 Å². The lowest BCUT2D eigenvalue weighted by Crippen LogP contribution is -2.47. The van der Waals surface area contributed by atoms with Crippen molar-refractivity contribution in [3.8, 4) is 17.3 Å². The number of carbonyl (C=O) groups excluding carboxylic acids is 1. The molecule has 0 spiro atoms. The van der Waals surface area contributed by atoms with Crippen LogP contribution in [0.5, 0.6) is 5.88 Å². The Balaban J connectivity index is 1.50. The Labute approximate surface area is 139 Å². The summed E-state index contributed by atoms with van der Waals surface area (Å²) in [7, 11) is 1.76. The first kappa shape index (κ1) is 15.1. The summed E-state index contributed by atoms with van der Waals surface area (Å²) in [5, 5.41) is 7.16. The van der Waals surface area contributed by atoms with Crippen molar-refractivity contribution in [1.82, 2.24) is 25.3 Å². The second kappa shape index (κ2) is 6.20. The fourth-order valence-electron chi connectivity index (χ4n) is 2.72. The Morgan fingerprint density at radius 3 is 3.04 bits per heavy atom.